The molecule has 0 unspecified atom stereocenters. The molecule has 1 aromatic carbocycles. The molecule has 3 nitrogen and oxygen atoms in total. The number of nitrogens with zero attached hydrogens (tertiary/aromatic N) is 2. The SMILES string of the molecule is C#CCN1c2ccc(C(F)(F)F)cc2NN1C. The van der Waals surface area contributed by atoms with Gasteiger partial charge in [0.2, 0.25) is 0 Å². The highest BCUT2D eigenvalue weighted by Crippen LogP contribution is 2.38. The molecule has 1 aromatic rings. The van der Waals surface area contributed by atoms with E-state index < -0.39 is 11.7 Å². The number of terminal acetylenes is 1. The first-order chi connectivity index (χ1) is 7.93. The minimum Gasteiger partial charge on any atom is -0.299 e. The van der Waals surface area contributed by atoms with Gasteiger partial charge < -0.3 is 0 Å². The van der Waals surface area contributed by atoms with E-state index in [1.54, 1.807) is 17.2 Å². The van der Waals surface area contributed by atoms with Gasteiger partial charge in [-0.1, -0.05) is 5.92 Å². The molecule has 0 atom stereocenters. The van der Waals surface area contributed by atoms with Crippen LogP contribution < -0.4 is 10.4 Å². The van der Waals surface area contributed by atoms with Gasteiger partial charge in [-0.2, -0.15) is 13.2 Å². The largest absolute Gasteiger partial charge is 0.416 e. The van der Waals surface area contributed by atoms with Crippen LogP contribution in [-0.2, 0) is 6.18 Å². The number of rotatable bonds is 1. The van der Waals surface area contributed by atoms with Crippen LogP contribution in [0, 0.1) is 12.3 Å². The monoisotopic (exact) mass is 241 g/mol. The lowest BCUT2D eigenvalue weighted by Crippen LogP contribution is -2.38. The van der Waals surface area contributed by atoms with Crippen LogP contribution in [-0.4, -0.2) is 18.7 Å². The molecule has 0 spiro atoms. The highest BCUT2D eigenvalue weighted by molar-refractivity contribution is 5.74. The van der Waals surface area contributed by atoms with E-state index in [0.29, 0.717) is 17.9 Å². The van der Waals surface area contributed by atoms with Gasteiger partial charge in [-0.15, -0.1) is 11.5 Å². The van der Waals surface area contributed by atoms with E-state index in [-0.39, 0.29) is 0 Å². The van der Waals surface area contributed by atoms with Crippen molar-refractivity contribution in [2.45, 2.75) is 6.18 Å². The molecule has 1 heterocycles. The van der Waals surface area contributed by atoms with Gasteiger partial charge in [-0.05, 0) is 18.2 Å². The summed E-state index contributed by atoms with van der Waals surface area (Å²) in [5.74, 6) is 2.45. The van der Waals surface area contributed by atoms with E-state index in [4.69, 9.17) is 6.42 Å². The summed E-state index contributed by atoms with van der Waals surface area (Å²) in [7, 11) is 1.69. The molecule has 0 aliphatic carbocycles. The maximum Gasteiger partial charge on any atom is 0.416 e. The number of hydrazine groups is 2. The van der Waals surface area contributed by atoms with Crippen LogP contribution in [0.4, 0.5) is 24.5 Å². The van der Waals surface area contributed by atoms with Gasteiger partial charge >= 0.3 is 6.18 Å². The Labute approximate surface area is 96.8 Å². The molecular formula is C11H10F3N3. The molecule has 17 heavy (non-hydrogen) atoms. The average Bonchev–Trinajstić information content (AvgIpc) is 2.54. The first kappa shape index (κ1) is 11.6. The fraction of sp³-hybridized carbons (Fsp3) is 0.273. The van der Waals surface area contributed by atoms with Crippen molar-refractivity contribution < 1.29 is 13.2 Å². The van der Waals surface area contributed by atoms with Gasteiger partial charge in [-0.25, -0.2) is 0 Å². The van der Waals surface area contributed by atoms with Crippen LogP contribution in [0.3, 0.4) is 0 Å². The lowest BCUT2D eigenvalue weighted by Gasteiger charge is -2.23. The molecule has 0 fully saturated rings. The lowest BCUT2D eigenvalue weighted by atomic mass is 10.1. The molecule has 2 rings (SSSR count). The van der Waals surface area contributed by atoms with Crippen LogP contribution >= 0.6 is 0 Å². The summed E-state index contributed by atoms with van der Waals surface area (Å²) in [4.78, 5) is 0. The molecule has 0 amide bonds. The van der Waals surface area contributed by atoms with Crippen molar-refractivity contribution in [1.29, 1.82) is 0 Å². The summed E-state index contributed by atoms with van der Waals surface area (Å²) in [5.41, 5.74) is 3.17. The highest BCUT2D eigenvalue weighted by atomic mass is 19.4. The van der Waals surface area contributed by atoms with Crippen LogP contribution in [0.25, 0.3) is 0 Å². The zero-order valence-corrected chi connectivity index (χ0v) is 9.04. The Morgan fingerprint density at radius 2 is 2.12 bits per heavy atom. The summed E-state index contributed by atoms with van der Waals surface area (Å²) in [5, 5.41) is 3.24. The van der Waals surface area contributed by atoms with Crippen LogP contribution in [0.5, 0.6) is 0 Å². The standard InChI is InChI=1S/C11H10F3N3/c1-3-6-17-10-5-4-8(11(12,13)14)7-9(10)15-16(17)2/h1,4-5,7,15H,6H2,2H3. The molecule has 0 radical (unpaired) electrons. The van der Waals surface area contributed by atoms with Crippen molar-refractivity contribution in [3.05, 3.63) is 23.8 Å². The normalized spacial score (nSPS) is 15.4. The minimum atomic E-state index is -4.34. The predicted molar refractivity (Wildman–Crippen MR) is 59.0 cm³/mol. The third-order valence-corrected chi connectivity index (χ3v) is 2.49. The first-order valence-corrected chi connectivity index (χ1v) is 4.86. The molecule has 1 N–H and O–H groups in total. The molecule has 0 saturated carbocycles. The van der Waals surface area contributed by atoms with Gasteiger partial charge in [0.1, 0.15) is 0 Å². The van der Waals surface area contributed by atoms with Crippen molar-refractivity contribution >= 4 is 11.4 Å². The zero-order chi connectivity index (χ0) is 12.6. The molecule has 0 saturated heterocycles. The van der Waals surface area contributed by atoms with Gasteiger partial charge in [0.25, 0.3) is 0 Å². The second kappa shape index (κ2) is 3.86. The van der Waals surface area contributed by atoms with Gasteiger partial charge in [-0.3, -0.25) is 10.4 Å². The molecular weight excluding hydrogens is 231 g/mol. The van der Waals surface area contributed by atoms with E-state index >= 15 is 0 Å². The topological polar surface area (TPSA) is 18.5 Å². The maximum atomic E-state index is 12.5. The predicted octanol–water partition coefficient (Wildman–Crippen LogP) is 2.33. The number of hydrogen-bond donors (Lipinski definition) is 1. The van der Waals surface area contributed by atoms with Crippen LogP contribution in [0.1, 0.15) is 5.56 Å². The highest BCUT2D eigenvalue weighted by Gasteiger charge is 2.33. The second-order valence-corrected chi connectivity index (χ2v) is 3.63. The van der Waals surface area contributed by atoms with Crippen molar-refractivity contribution in [2.75, 3.05) is 24.0 Å². The molecule has 0 bridgehead atoms. The van der Waals surface area contributed by atoms with Crippen molar-refractivity contribution in [2.24, 2.45) is 0 Å². The summed E-state index contributed by atoms with van der Waals surface area (Å²) >= 11 is 0. The maximum absolute atomic E-state index is 12.5. The molecule has 1 aliphatic heterocycles. The number of fused-ring (bicyclic) bond motifs is 1. The molecule has 6 heteroatoms. The van der Waals surface area contributed by atoms with Crippen LogP contribution in [0.2, 0.25) is 0 Å². The number of anilines is 2. The zero-order valence-electron chi connectivity index (χ0n) is 9.04. The van der Waals surface area contributed by atoms with E-state index in [1.165, 1.54) is 6.07 Å². The van der Waals surface area contributed by atoms with Crippen LogP contribution in [0.15, 0.2) is 18.2 Å². The van der Waals surface area contributed by atoms with E-state index in [9.17, 15) is 13.2 Å². The van der Waals surface area contributed by atoms with Gasteiger partial charge in [0.15, 0.2) is 0 Å². The number of benzene rings is 1. The van der Waals surface area contributed by atoms with Gasteiger partial charge in [0, 0.05) is 7.05 Å². The van der Waals surface area contributed by atoms with E-state index in [1.807, 2.05) is 0 Å². The Morgan fingerprint density at radius 1 is 1.41 bits per heavy atom. The Bertz CT molecular complexity index is 476. The number of hydrogen-bond acceptors (Lipinski definition) is 3. The van der Waals surface area contributed by atoms with Crippen molar-refractivity contribution in [1.82, 2.24) is 5.12 Å². The van der Waals surface area contributed by atoms with E-state index in [0.717, 1.165) is 12.1 Å². The summed E-state index contributed by atoms with van der Waals surface area (Å²) < 4.78 is 37.5. The first-order valence-electron chi connectivity index (χ1n) is 4.86. The Hall–Kier alpha value is -1.87. The third kappa shape index (κ3) is 2.01. The molecule has 1 aliphatic rings. The second-order valence-electron chi connectivity index (χ2n) is 3.63. The van der Waals surface area contributed by atoms with Crippen molar-refractivity contribution in [3.63, 3.8) is 0 Å². The quantitative estimate of drug-likeness (QED) is 0.761. The Kier molecular flexibility index (Phi) is 2.63. The molecule has 90 valence electrons. The summed E-state index contributed by atoms with van der Waals surface area (Å²) in [6.07, 6.45) is 0.862. The fourth-order valence-electron chi connectivity index (χ4n) is 1.70. The fourth-order valence-corrected chi connectivity index (χ4v) is 1.70. The lowest BCUT2D eigenvalue weighted by molar-refractivity contribution is -0.137. The van der Waals surface area contributed by atoms with E-state index in [2.05, 4.69) is 11.3 Å². The number of nitrogens with one attached hydrogen (secondary N) is 1. The minimum absolute atomic E-state index is 0.294. The molecule has 0 aromatic heterocycles. The summed E-state index contributed by atoms with van der Waals surface area (Å²) in [6, 6.07) is 3.53. The summed E-state index contributed by atoms with van der Waals surface area (Å²) in [6.45, 7) is 0.294. The van der Waals surface area contributed by atoms with Gasteiger partial charge in [0.05, 0.1) is 23.5 Å². The van der Waals surface area contributed by atoms with Crippen molar-refractivity contribution in [3.8, 4) is 12.3 Å². The average molecular weight is 241 g/mol. The Balaban J connectivity index is 2.38. The number of halogens is 3. The third-order valence-electron chi connectivity index (χ3n) is 2.49. The Morgan fingerprint density at radius 3 is 2.71 bits per heavy atom. The number of alkyl halides is 3. The smallest absolute Gasteiger partial charge is 0.299 e.